The Bertz CT molecular complexity index is 605. The van der Waals surface area contributed by atoms with Gasteiger partial charge in [0, 0.05) is 12.4 Å². The molecule has 20 heavy (non-hydrogen) atoms. The summed E-state index contributed by atoms with van der Waals surface area (Å²) >= 11 is 6.09. The highest BCUT2D eigenvalue weighted by molar-refractivity contribution is 6.32. The third-order valence-corrected chi connectivity index (χ3v) is 4.34. The smallest absolute Gasteiger partial charge is 0.259 e. The number of pyridine rings is 1. The third-order valence-electron chi connectivity index (χ3n) is 4.04. The minimum Gasteiger partial charge on any atom is -0.334 e. The van der Waals surface area contributed by atoms with Crippen molar-refractivity contribution in [2.24, 2.45) is 11.7 Å². The number of nitrogens with two attached hydrogens (primary N) is 1. The maximum absolute atomic E-state index is 6.44. The van der Waals surface area contributed by atoms with E-state index in [1.165, 1.54) is 0 Å². The molecule has 2 N–H and O–H groups in total. The normalized spacial score (nSPS) is 26.6. The lowest BCUT2D eigenvalue weighted by Gasteiger charge is -2.33. The molecule has 2 aromatic rings. The van der Waals surface area contributed by atoms with E-state index in [9.17, 15) is 0 Å². The van der Waals surface area contributed by atoms with Crippen LogP contribution < -0.4 is 5.73 Å². The number of halogens is 1. The minimum absolute atomic E-state index is 0.399. The number of rotatable bonds is 2. The molecule has 1 fully saturated rings. The molecule has 0 spiro atoms. The van der Waals surface area contributed by atoms with Crippen molar-refractivity contribution < 1.29 is 4.52 Å². The second kappa shape index (κ2) is 5.14. The van der Waals surface area contributed by atoms with Gasteiger partial charge in [-0.25, -0.2) is 0 Å². The molecule has 1 saturated carbocycles. The van der Waals surface area contributed by atoms with Crippen molar-refractivity contribution >= 4 is 11.6 Å². The second-order valence-corrected chi connectivity index (χ2v) is 6.02. The van der Waals surface area contributed by atoms with Crippen LogP contribution in [0.3, 0.4) is 0 Å². The van der Waals surface area contributed by atoms with Gasteiger partial charge in [0.05, 0.1) is 16.1 Å². The predicted octanol–water partition coefficient (Wildman–Crippen LogP) is 3.15. The highest BCUT2D eigenvalue weighted by Gasteiger charge is 2.36. The Morgan fingerprint density at radius 3 is 2.85 bits per heavy atom. The van der Waals surface area contributed by atoms with E-state index < -0.39 is 5.54 Å². The molecule has 2 aromatic heterocycles. The molecule has 0 aromatic carbocycles. The Labute approximate surface area is 122 Å². The monoisotopic (exact) mass is 292 g/mol. The summed E-state index contributed by atoms with van der Waals surface area (Å²) in [4.78, 5) is 8.39. The van der Waals surface area contributed by atoms with Gasteiger partial charge in [-0.15, -0.1) is 0 Å². The third kappa shape index (κ3) is 2.43. The molecule has 3 rings (SSSR count). The zero-order chi connectivity index (χ0) is 14.2. The van der Waals surface area contributed by atoms with Crippen LogP contribution in [-0.4, -0.2) is 15.1 Å². The SMILES string of the molecule is CC1CCC(N)(c2noc(-c3ccncc3Cl)n2)CC1. The van der Waals surface area contributed by atoms with E-state index in [1.807, 2.05) is 0 Å². The number of aromatic nitrogens is 3. The van der Waals surface area contributed by atoms with E-state index in [0.29, 0.717) is 28.2 Å². The first kappa shape index (κ1) is 13.5. The Morgan fingerprint density at radius 2 is 2.15 bits per heavy atom. The number of hydrogen-bond acceptors (Lipinski definition) is 5. The van der Waals surface area contributed by atoms with Gasteiger partial charge in [0.1, 0.15) is 0 Å². The van der Waals surface area contributed by atoms with Gasteiger partial charge >= 0.3 is 0 Å². The standard InChI is InChI=1S/C14H17ClN4O/c1-9-2-5-14(16,6-3-9)13-18-12(20-19-13)10-4-7-17-8-11(10)15/h4,7-9H,2-3,5-6,16H2,1H3. The average molecular weight is 293 g/mol. The zero-order valence-electron chi connectivity index (χ0n) is 11.3. The highest BCUT2D eigenvalue weighted by Crippen LogP contribution is 2.37. The van der Waals surface area contributed by atoms with Gasteiger partial charge in [0.15, 0.2) is 5.82 Å². The van der Waals surface area contributed by atoms with Crippen molar-refractivity contribution in [3.8, 4) is 11.5 Å². The molecule has 1 aliphatic carbocycles. The Balaban J connectivity index is 1.89. The van der Waals surface area contributed by atoms with Crippen molar-refractivity contribution in [3.05, 3.63) is 29.3 Å². The quantitative estimate of drug-likeness (QED) is 0.920. The van der Waals surface area contributed by atoms with E-state index in [1.54, 1.807) is 18.5 Å². The van der Waals surface area contributed by atoms with Crippen molar-refractivity contribution in [1.82, 2.24) is 15.1 Å². The van der Waals surface area contributed by atoms with Crippen LogP contribution >= 0.6 is 11.6 Å². The van der Waals surface area contributed by atoms with Crippen LogP contribution in [0.2, 0.25) is 5.02 Å². The lowest BCUT2D eigenvalue weighted by molar-refractivity contribution is 0.230. The summed E-state index contributed by atoms with van der Waals surface area (Å²) in [7, 11) is 0. The van der Waals surface area contributed by atoms with E-state index >= 15 is 0 Å². The van der Waals surface area contributed by atoms with Crippen molar-refractivity contribution in [1.29, 1.82) is 0 Å². The molecule has 0 atom stereocenters. The van der Waals surface area contributed by atoms with Crippen LogP contribution in [-0.2, 0) is 5.54 Å². The first-order chi connectivity index (χ1) is 9.58. The molecular formula is C14H17ClN4O. The van der Waals surface area contributed by atoms with Crippen LogP contribution in [0.25, 0.3) is 11.5 Å². The Morgan fingerprint density at radius 1 is 1.40 bits per heavy atom. The van der Waals surface area contributed by atoms with Gasteiger partial charge in [-0.3, -0.25) is 4.98 Å². The zero-order valence-corrected chi connectivity index (χ0v) is 12.1. The maximum atomic E-state index is 6.44. The Kier molecular flexibility index (Phi) is 3.48. The summed E-state index contributed by atoms with van der Waals surface area (Å²) in [5.74, 6) is 1.69. The highest BCUT2D eigenvalue weighted by atomic mass is 35.5. The van der Waals surface area contributed by atoms with Crippen LogP contribution in [0.15, 0.2) is 23.0 Å². The van der Waals surface area contributed by atoms with E-state index in [-0.39, 0.29) is 0 Å². The lowest BCUT2D eigenvalue weighted by Crippen LogP contribution is -2.41. The molecule has 5 nitrogen and oxygen atoms in total. The predicted molar refractivity (Wildman–Crippen MR) is 76.0 cm³/mol. The van der Waals surface area contributed by atoms with Gasteiger partial charge < -0.3 is 10.3 Å². The fraction of sp³-hybridized carbons (Fsp3) is 0.500. The first-order valence-corrected chi connectivity index (χ1v) is 7.19. The van der Waals surface area contributed by atoms with E-state index in [2.05, 4.69) is 22.0 Å². The van der Waals surface area contributed by atoms with Crippen LogP contribution in [0.4, 0.5) is 0 Å². The molecule has 6 heteroatoms. The number of hydrogen-bond donors (Lipinski definition) is 1. The van der Waals surface area contributed by atoms with Crippen LogP contribution in [0.5, 0.6) is 0 Å². The largest absolute Gasteiger partial charge is 0.334 e. The molecule has 0 saturated heterocycles. The molecule has 0 radical (unpaired) electrons. The molecule has 0 unspecified atom stereocenters. The van der Waals surface area contributed by atoms with Crippen LogP contribution in [0, 0.1) is 5.92 Å². The van der Waals surface area contributed by atoms with Gasteiger partial charge in [0.2, 0.25) is 0 Å². The minimum atomic E-state index is -0.478. The van der Waals surface area contributed by atoms with E-state index in [0.717, 1.165) is 25.7 Å². The summed E-state index contributed by atoms with van der Waals surface area (Å²) < 4.78 is 5.32. The second-order valence-electron chi connectivity index (χ2n) is 5.62. The molecule has 2 heterocycles. The lowest BCUT2D eigenvalue weighted by atomic mass is 9.77. The maximum Gasteiger partial charge on any atom is 0.259 e. The average Bonchev–Trinajstić information content (AvgIpc) is 2.93. The topological polar surface area (TPSA) is 77.8 Å². The summed E-state index contributed by atoms with van der Waals surface area (Å²) in [5.41, 5.74) is 6.65. The molecular weight excluding hydrogens is 276 g/mol. The molecule has 1 aliphatic rings. The fourth-order valence-electron chi connectivity index (χ4n) is 2.58. The van der Waals surface area contributed by atoms with Crippen molar-refractivity contribution in [2.75, 3.05) is 0 Å². The number of nitrogens with zero attached hydrogens (tertiary/aromatic N) is 3. The van der Waals surface area contributed by atoms with Crippen molar-refractivity contribution in [3.63, 3.8) is 0 Å². The Hall–Kier alpha value is -1.46. The summed E-state index contributed by atoms with van der Waals surface area (Å²) in [6, 6.07) is 1.76. The summed E-state index contributed by atoms with van der Waals surface area (Å²) in [6.07, 6.45) is 7.16. The summed E-state index contributed by atoms with van der Waals surface area (Å²) in [5, 5.41) is 4.56. The van der Waals surface area contributed by atoms with Gasteiger partial charge in [-0.1, -0.05) is 23.7 Å². The van der Waals surface area contributed by atoms with Gasteiger partial charge in [-0.2, -0.15) is 4.98 Å². The molecule has 0 amide bonds. The van der Waals surface area contributed by atoms with Gasteiger partial charge in [-0.05, 0) is 37.7 Å². The van der Waals surface area contributed by atoms with Gasteiger partial charge in [0.25, 0.3) is 5.89 Å². The summed E-state index contributed by atoms with van der Waals surface area (Å²) in [6.45, 7) is 2.25. The first-order valence-electron chi connectivity index (χ1n) is 6.81. The molecule has 106 valence electrons. The van der Waals surface area contributed by atoms with E-state index in [4.69, 9.17) is 21.9 Å². The molecule has 0 aliphatic heterocycles. The van der Waals surface area contributed by atoms with Crippen LogP contribution in [0.1, 0.15) is 38.4 Å². The van der Waals surface area contributed by atoms with Crippen molar-refractivity contribution in [2.45, 2.75) is 38.1 Å². The molecule has 0 bridgehead atoms. The fourth-order valence-corrected chi connectivity index (χ4v) is 2.78.